The van der Waals surface area contributed by atoms with Gasteiger partial charge in [0.15, 0.2) is 5.58 Å². The molecule has 1 aliphatic heterocycles. The summed E-state index contributed by atoms with van der Waals surface area (Å²) in [4.78, 5) is 17.5. The Morgan fingerprint density at radius 1 is 1.11 bits per heavy atom. The van der Waals surface area contributed by atoms with E-state index in [2.05, 4.69) is 35.2 Å². The van der Waals surface area contributed by atoms with Crippen LogP contribution in [-0.4, -0.2) is 46.5 Å². The Labute approximate surface area is 159 Å². The van der Waals surface area contributed by atoms with E-state index in [0.29, 0.717) is 12.2 Å². The summed E-state index contributed by atoms with van der Waals surface area (Å²) in [5.41, 5.74) is 3.77. The van der Waals surface area contributed by atoms with Crippen molar-refractivity contribution >= 4 is 17.0 Å². The van der Waals surface area contributed by atoms with Gasteiger partial charge in [0.25, 0.3) is 5.91 Å². The van der Waals surface area contributed by atoms with Crippen molar-refractivity contribution in [2.45, 2.75) is 20.0 Å². The van der Waals surface area contributed by atoms with Crippen LogP contribution in [0.25, 0.3) is 11.1 Å². The fraction of sp³-hybridized carbons (Fsp3) is 0.318. The number of rotatable bonds is 5. The summed E-state index contributed by atoms with van der Waals surface area (Å²) in [6, 6.07) is 14.3. The molecule has 5 nitrogen and oxygen atoms in total. The third kappa shape index (κ3) is 3.69. The maximum Gasteiger partial charge on any atom is 0.270 e. The van der Waals surface area contributed by atoms with E-state index in [9.17, 15) is 4.79 Å². The molecule has 3 heterocycles. The minimum absolute atomic E-state index is 0.0882. The number of hydrogen-bond donors (Lipinski definition) is 0. The Morgan fingerprint density at radius 2 is 1.89 bits per heavy atom. The van der Waals surface area contributed by atoms with Crippen LogP contribution in [0.4, 0.5) is 0 Å². The number of benzene rings is 1. The highest BCUT2D eigenvalue weighted by Gasteiger charge is 2.25. The second-order valence-electron chi connectivity index (χ2n) is 6.93. The highest BCUT2D eigenvalue weighted by atomic mass is 16.3. The summed E-state index contributed by atoms with van der Waals surface area (Å²) in [5.74, 6) is 0.0882. The minimum atomic E-state index is 0.0882. The van der Waals surface area contributed by atoms with Crippen molar-refractivity contribution in [3.63, 3.8) is 0 Å². The number of aromatic nitrogens is 1. The molecule has 1 aliphatic rings. The van der Waals surface area contributed by atoms with Crippen LogP contribution in [0.3, 0.4) is 0 Å². The standard InChI is InChI=1S/C22H25N3O2/c1-2-3-10-25-19-9-15-27-21(19)16-20(25)22(26)24-13-11-23(12-14-24)17-18-7-5-4-6-8-18/h2-9,15-16H,10-14,17H2,1H3/b3-2-. The second kappa shape index (κ2) is 7.84. The van der Waals surface area contributed by atoms with Crippen molar-refractivity contribution in [3.05, 3.63) is 72.1 Å². The minimum Gasteiger partial charge on any atom is -0.463 e. The number of carbonyl (C=O) groups is 1. The third-order valence-corrected chi connectivity index (χ3v) is 5.17. The van der Waals surface area contributed by atoms with Gasteiger partial charge in [-0.2, -0.15) is 0 Å². The summed E-state index contributed by atoms with van der Waals surface area (Å²) >= 11 is 0. The second-order valence-corrected chi connectivity index (χ2v) is 6.93. The zero-order valence-corrected chi connectivity index (χ0v) is 15.7. The summed E-state index contributed by atoms with van der Waals surface area (Å²) in [6.45, 7) is 6.90. The van der Waals surface area contributed by atoms with Crippen LogP contribution in [-0.2, 0) is 13.1 Å². The number of carbonyl (C=O) groups excluding carboxylic acids is 1. The Kier molecular flexibility index (Phi) is 5.12. The predicted molar refractivity (Wildman–Crippen MR) is 107 cm³/mol. The van der Waals surface area contributed by atoms with Crippen molar-refractivity contribution in [2.24, 2.45) is 0 Å². The van der Waals surface area contributed by atoms with Gasteiger partial charge in [-0.15, -0.1) is 0 Å². The van der Waals surface area contributed by atoms with Crippen LogP contribution in [0, 0.1) is 0 Å². The summed E-state index contributed by atoms with van der Waals surface area (Å²) < 4.78 is 7.56. The fourth-order valence-corrected chi connectivity index (χ4v) is 3.67. The van der Waals surface area contributed by atoms with Gasteiger partial charge < -0.3 is 13.9 Å². The fourth-order valence-electron chi connectivity index (χ4n) is 3.67. The van der Waals surface area contributed by atoms with Gasteiger partial charge in [0.2, 0.25) is 0 Å². The molecular weight excluding hydrogens is 338 g/mol. The van der Waals surface area contributed by atoms with E-state index in [1.807, 2.05) is 40.7 Å². The van der Waals surface area contributed by atoms with E-state index < -0.39 is 0 Å². The lowest BCUT2D eigenvalue weighted by Crippen LogP contribution is -2.48. The van der Waals surface area contributed by atoms with Crippen LogP contribution in [0.15, 0.2) is 65.3 Å². The number of nitrogens with zero attached hydrogens (tertiary/aromatic N) is 3. The van der Waals surface area contributed by atoms with E-state index in [4.69, 9.17) is 4.42 Å². The molecule has 0 atom stereocenters. The molecule has 140 valence electrons. The lowest BCUT2D eigenvalue weighted by Gasteiger charge is -2.34. The largest absolute Gasteiger partial charge is 0.463 e. The van der Waals surface area contributed by atoms with E-state index in [-0.39, 0.29) is 5.91 Å². The highest BCUT2D eigenvalue weighted by molar-refractivity contribution is 5.97. The van der Waals surface area contributed by atoms with Gasteiger partial charge in [-0.05, 0) is 12.5 Å². The molecule has 1 fully saturated rings. The van der Waals surface area contributed by atoms with Gasteiger partial charge >= 0.3 is 0 Å². The van der Waals surface area contributed by atoms with Crippen LogP contribution >= 0.6 is 0 Å². The van der Waals surface area contributed by atoms with Crippen molar-refractivity contribution in [3.8, 4) is 0 Å². The van der Waals surface area contributed by atoms with E-state index in [1.54, 1.807) is 6.26 Å². The number of piperazine rings is 1. The number of allylic oxidation sites excluding steroid dienone is 2. The van der Waals surface area contributed by atoms with Gasteiger partial charge in [-0.3, -0.25) is 9.69 Å². The maximum atomic E-state index is 13.1. The Bertz CT molecular complexity index is 931. The van der Waals surface area contributed by atoms with E-state index in [1.165, 1.54) is 5.56 Å². The highest BCUT2D eigenvalue weighted by Crippen LogP contribution is 2.23. The van der Waals surface area contributed by atoms with Crippen molar-refractivity contribution in [1.82, 2.24) is 14.4 Å². The zero-order chi connectivity index (χ0) is 18.6. The first-order valence-electron chi connectivity index (χ1n) is 9.49. The van der Waals surface area contributed by atoms with Gasteiger partial charge in [0.1, 0.15) is 5.69 Å². The molecule has 0 radical (unpaired) electrons. The van der Waals surface area contributed by atoms with Crippen molar-refractivity contribution in [2.75, 3.05) is 26.2 Å². The number of furan rings is 1. The maximum absolute atomic E-state index is 13.1. The monoisotopic (exact) mass is 363 g/mol. The molecular formula is C22H25N3O2. The molecule has 1 amide bonds. The van der Waals surface area contributed by atoms with Gasteiger partial charge in [0, 0.05) is 51.4 Å². The lowest BCUT2D eigenvalue weighted by molar-refractivity contribution is 0.0619. The molecule has 0 aliphatic carbocycles. The molecule has 0 spiro atoms. The molecule has 0 N–H and O–H groups in total. The number of hydrogen-bond acceptors (Lipinski definition) is 3. The summed E-state index contributed by atoms with van der Waals surface area (Å²) in [5, 5.41) is 0. The lowest BCUT2D eigenvalue weighted by atomic mass is 10.2. The van der Waals surface area contributed by atoms with Gasteiger partial charge in [-0.25, -0.2) is 0 Å². The summed E-state index contributed by atoms with van der Waals surface area (Å²) in [7, 11) is 0. The molecule has 1 aromatic carbocycles. The topological polar surface area (TPSA) is 41.6 Å². The molecule has 0 saturated carbocycles. The molecule has 4 rings (SSSR count). The Balaban J connectivity index is 1.45. The summed E-state index contributed by atoms with van der Waals surface area (Å²) in [6.07, 6.45) is 5.73. The smallest absolute Gasteiger partial charge is 0.270 e. The quantitative estimate of drug-likeness (QED) is 0.648. The molecule has 5 heteroatoms. The van der Waals surface area contributed by atoms with Crippen LogP contribution < -0.4 is 0 Å². The third-order valence-electron chi connectivity index (χ3n) is 5.17. The first-order chi connectivity index (χ1) is 13.3. The molecule has 2 aromatic heterocycles. The molecule has 3 aromatic rings. The van der Waals surface area contributed by atoms with Gasteiger partial charge in [-0.1, -0.05) is 42.5 Å². The van der Waals surface area contributed by atoms with Crippen molar-refractivity contribution < 1.29 is 9.21 Å². The van der Waals surface area contributed by atoms with Crippen LogP contribution in [0.2, 0.25) is 0 Å². The van der Waals surface area contributed by atoms with Gasteiger partial charge in [0.05, 0.1) is 11.8 Å². The Hall–Kier alpha value is -2.79. The normalized spacial score (nSPS) is 15.8. The zero-order valence-electron chi connectivity index (χ0n) is 15.7. The van der Waals surface area contributed by atoms with Crippen LogP contribution in [0.1, 0.15) is 23.0 Å². The predicted octanol–water partition coefficient (Wildman–Crippen LogP) is 3.77. The van der Waals surface area contributed by atoms with E-state index in [0.717, 1.165) is 43.8 Å². The average Bonchev–Trinajstić information content (AvgIpc) is 3.29. The molecule has 0 bridgehead atoms. The SMILES string of the molecule is C/C=C\Cn1c(C(=O)N2CCN(Cc3ccccc3)CC2)cc2occc21. The average molecular weight is 363 g/mol. The van der Waals surface area contributed by atoms with Crippen LogP contribution in [0.5, 0.6) is 0 Å². The molecule has 0 unspecified atom stereocenters. The first-order valence-corrected chi connectivity index (χ1v) is 9.49. The number of fused-ring (bicyclic) bond motifs is 1. The Morgan fingerprint density at radius 3 is 2.63 bits per heavy atom. The first kappa shape index (κ1) is 17.6. The molecule has 27 heavy (non-hydrogen) atoms. The van der Waals surface area contributed by atoms with E-state index >= 15 is 0 Å². The van der Waals surface area contributed by atoms with Crippen molar-refractivity contribution in [1.29, 1.82) is 0 Å². The number of amides is 1. The molecule has 1 saturated heterocycles.